The molecule has 2 heterocycles. The Labute approximate surface area is 207 Å². The second-order valence-electron chi connectivity index (χ2n) is 9.28. The van der Waals surface area contributed by atoms with Crippen LogP contribution < -0.4 is 14.8 Å². The third kappa shape index (κ3) is 3.73. The average Bonchev–Trinajstić information content (AvgIpc) is 3.21. The molecule has 0 saturated carbocycles. The molecular formula is C25H24Cl2N4O3. The molecule has 0 spiro atoms. The van der Waals surface area contributed by atoms with E-state index in [4.69, 9.17) is 42.8 Å². The number of hydrogen-bond acceptors (Lipinski definition) is 6. The minimum atomic E-state index is -0.524. The number of carbonyl (C=O) groups excluding carboxylic acids is 1. The number of Topliss-reactive ketones (excluding diaryl/α,β-unsaturated/α-hetero) is 1. The van der Waals surface area contributed by atoms with Crippen LogP contribution in [-0.2, 0) is 4.79 Å². The van der Waals surface area contributed by atoms with Crippen molar-refractivity contribution in [3.63, 3.8) is 0 Å². The number of ketones is 1. The van der Waals surface area contributed by atoms with Crippen LogP contribution in [0.2, 0.25) is 10.0 Å². The van der Waals surface area contributed by atoms with Crippen molar-refractivity contribution in [3.8, 4) is 22.9 Å². The molecule has 1 aliphatic carbocycles. The highest BCUT2D eigenvalue weighted by Gasteiger charge is 2.43. The standard InChI is InChI=1S/C25H24Cl2N4O3/c1-25(2)11-17-20(18(32)12-25)21(14-6-5-7-19(33-3)22(14)34-4)31-24(28-17)29-23(30-31)13-8-9-15(26)16(27)10-13/h5-10,21H,11-12H2,1-4H3,(H,28,29,30). The maximum atomic E-state index is 13.5. The van der Waals surface area contributed by atoms with Crippen LogP contribution in [-0.4, -0.2) is 34.8 Å². The van der Waals surface area contributed by atoms with Gasteiger partial charge >= 0.3 is 0 Å². The van der Waals surface area contributed by atoms with Crippen molar-refractivity contribution in [1.29, 1.82) is 0 Å². The minimum absolute atomic E-state index is 0.0749. The van der Waals surface area contributed by atoms with E-state index in [1.165, 1.54) is 0 Å². The molecule has 0 fully saturated rings. The normalized spacial score (nSPS) is 18.8. The summed E-state index contributed by atoms with van der Waals surface area (Å²) >= 11 is 12.3. The first kappa shape index (κ1) is 22.7. The van der Waals surface area contributed by atoms with E-state index in [0.717, 1.165) is 16.8 Å². The van der Waals surface area contributed by atoms with Crippen molar-refractivity contribution in [3.05, 3.63) is 63.3 Å². The third-order valence-electron chi connectivity index (χ3n) is 6.24. The Balaban J connectivity index is 1.73. The van der Waals surface area contributed by atoms with E-state index >= 15 is 0 Å². The third-order valence-corrected chi connectivity index (χ3v) is 6.98. The Morgan fingerprint density at radius 1 is 1.09 bits per heavy atom. The number of para-hydroxylation sites is 1. The lowest BCUT2D eigenvalue weighted by Gasteiger charge is -2.38. The number of benzene rings is 2. The molecule has 34 heavy (non-hydrogen) atoms. The SMILES string of the molecule is COc1cccc(C2C3=C(CC(C)(C)CC3=O)Nc3nc(-c4ccc(Cl)c(Cl)c4)nn32)c1OC. The molecule has 1 atom stereocenters. The number of carbonyl (C=O) groups is 1. The summed E-state index contributed by atoms with van der Waals surface area (Å²) in [5.74, 6) is 2.22. The number of methoxy groups -OCH3 is 2. The van der Waals surface area contributed by atoms with E-state index in [1.54, 1.807) is 31.0 Å². The van der Waals surface area contributed by atoms with Crippen molar-refractivity contribution in [2.75, 3.05) is 19.5 Å². The minimum Gasteiger partial charge on any atom is -0.493 e. The Morgan fingerprint density at radius 2 is 1.88 bits per heavy atom. The van der Waals surface area contributed by atoms with Gasteiger partial charge in [0, 0.05) is 28.8 Å². The van der Waals surface area contributed by atoms with Crippen molar-refractivity contribution in [1.82, 2.24) is 14.8 Å². The van der Waals surface area contributed by atoms with Gasteiger partial charge in [-0.05, 0) is 36.1 Å². The zero-order valence-electron chi connectivity index (χ0n) is 19.3. The average molecular weight is 499 g/mol. The number of allylic oxidation sites excluding steroid dienone is 2. The van der Waals surface area contributed by atoms with E-state index in [0.29, 0.717) is 51.7 Å². The lowest BCUT2D eigenvalue weighted by molar-refractivity contribution is -0.118. The van der Waals surface area contributed by atoms with Crippen LogP contribution in [0.4, 0.5) is 5.95 Å². The molecule has 9 heteroatoms. The first-order valence-electron chi connectivity index (χ1n) is 10.9. The van der Waals surface area contributed by atoms with Gasteiger partial charge in [0.2, 0.25) is 5.95 Å². The van der Waals surface area contributed by atoms with Crippen molar-refractivity contribution < 1.29 is 14.3 Å². The highest BCUT2D eigenvalue weighted by atomic mass is 35.5. The summed E-state index contributed by atoms with van der Waals surface area (Å²) in [7, 11) is 3.18. The lowest BCUT2D eigenvalue weighted by atomic mass is 9.73. The highest BCUT2D eigenvalue weighted by Crippen LogP contribution is 2.48. The summed E-state index contributed by atoms with van der Waals surface area (Å²) in [6, 6.07) is 10.4. The smallest absolute Gasteiger partial charge is 0.226 e. The number of halogens is 2. The Bertz CT molecular complexity index is 1350. The largest absolute Gasteiger partial charge is 0.493 e. The molecule has 5 rings (SSSR count). The molecule has 0 saturated heterocycles. The van der Waals surface area contributed by atoms with Gasteiger partial charge in [-0.1, -0.05) is 49.2 Å². The number of nitrogens with one attached hydrogen (secondary N) is 1. The monoisotopic (exact) mass is 498 g/mol. The molecule has 2 aromatic carbocycles. The van der Waals surface area contributed by atoms with Crippen LogP contribution in [0.1, 0.15) is 38.3 Å². The van der Waals surface area contributed by atoms with Crippen molar-refractivity contribution in [2.45, 2.75) is 32.7 Å². The molecule has 2 aliphatic rings. The fourth-order valence-corrected chi connectivity index (χ4v) is 5.08. The number of nitrogens with zero attached hydrogens (tertiary/aromatic N) is 3. The lowest BCUT2D eigenvalue weighted by Crippen LogP contribution is -2.36. The van der Waals surface area contributed by atoms with Crippen LogP contribution in [0.15, 0.2) is 47.7 Å². The first-order valence-corrected chi connectivity index (χ1v) is 11.6. The van der Waals surface area contributed by atoms with Crippen LogP contribution in [0.25, 0.3) is 11.4 Å². The summed E-state index contributed by atoms with van der Waals surface area (Å²) in [5.41, 5.74) is 2.86. The van der Waals surface area contributed by atoms with Gasteiger partial charge in [-0.2, -0.15) is 4.98 Å². The molecule has 7 nitrogen and oxygen atoms in total. The van der Waals surface area contributed by atoms with Gasteiger partial charge in [-0.25, -0.2) is 4.68 Å². The summed E-state index contributed by atoms with van der Waals surface area (Å²) < 4.78 is 13.0. The van der Waals surface area contributed by atoms with Gasteiger partial charge in [-0.15, -0.1) is 5.10 Å². The number of rotatable bonds is 4. The maximum absolute atomic E-state index is 13.5. The molecule has 1 unspecified atom stereocenters. The fourth-order valence-electron chi connectivity index (χ4n) is 4.78. The van der Waals surface area contributed by atoms with Gasteiger partial charge in [0.05, 0.1) is 24.3 Å². The number of hydrogen-bond donors (Lipinski definition) is 1. The summed E-state index contributed by atoms with van der Waals surface area (Å²) in [5, 5.41) is 9.06. The topological polar surface area (TPSA) is 78.3 Å². The number of aromatic nitrogens is 3. The quantitative estimate of drug-likeness (QED) is 0.480. The first-order chi connectivity index (χ1) is 16.2. The van der Waals surface area contributed by atoms with Crippen LogP contribution in [0.3, 0.4) is 0 Å². The van der Waals surface area contributed by atoms with E-state index < -0.39 is 6.04 Å². The van der Waals surface area contributed by atoms with E-state index in [1.807, 2.05) is 24.3 Å². The molecule has 1 aliphatic heterocycles. The highest BCUT2D eigenvalue weighted by molar-refractivity contribution is 6.42. The van der Waals surface area contributed by atoms with Gasteiger partial charge in [0.1, 0.15) is 6.04 Å². The number of fused-ring (bicyclic) bond motifs is 1. The van der Waals surface area contributed by atoms with E-state index in [9.17, 15) is 4.79 Å². The predicted octanol–water partition coefficient (Wildman–Crippen LogP) is 5.93. The van der Waals surface area contributed by atoms with Crippen LogP contribution in [0, 0.1) is 5.41 Å². The maximum Gasteiger partial charge on any atom is 0.226 e. The zero-order chi connectivity index (χ0) is 24.2. The summed E-state index contributed by atoms with van der Waals surface area (Å²) in [4.78, 5) is 18.2. The Kier molecular flexibility index (Phi) is 5.57. The molecule has 0 radical (unpaired) electrons. The van der Waals surface area contributed by atoms with Crippen LogP contribution in [0.5, 0.6) is 11.5 Å². The zero-order valence-corrected chi connectivity index (χ0v) is 20.8. The molecule has 1 aromatic heterocycles. The fraction of sp³-hybridized carbons (Fsp3) is 0.320. The van der Waals surface area contributed by atoms with Gasteiger partial charge < -0.3 is 14.8 Å². The Hall–Kier alpha value is -3.03. The van der Waals surface area contributed by atoms with E-state index in [2.05, 4.69) is 19.2 Å². The molecule has 176 valence electrons. The molecule has 1 N–H and O–H groups in total. The molecular weight excluding hydrogens is 475 g/mol. The summed E-state index contributed by atoms with van der Waals surface area (Å²) in [6.07, 6.45) is 1.16. The van der Waals surface area contributed by atoms with Gasteiger partial charge in [0.25, 0.3) is 0 Å². The number of anilines is 1. The van der Waals surface area contributed by atoms with Crippen LogP contribution >= 0.6 is 23.2 Å². The summed E-state index contributed by atoms with van der Waals surface area (Å²) in [6.45, 7) is 4.19. The number of ether oxygens (including phenoxy) is 2. The van der Waals surface area contributed by atoms with Crippen molar-refractivity contribution in [2.24, 2.45) is 5.41 Å². The second kappa shape index (κ2) is 8.32. The van der Waals surface area contributed by atoms with E-state index in [-0.39, 0.29) is 11.2 Å². The van der Waals surface area contributed by atoms with Gasteiger partial charge in [-0.3, -0.25) is 4.79 Å². The predicted molar refractivity (Wildman–Crippen MR) is 132 cm³/mol. The van der Waals surface area contributed by atoms with Gasteiger partial charge in [0.15, 0.2) is 23.1 Å². The molecule has 0 amide bonds. The van der Waals surface area contributed by atoms with Crippen molar-refractivity contribution >= 4 is 34.9 Å². The second-order valence-corrected chi connectivity index (χ2v) is 10.1. The molecule has 3 aromatic rings. The molecule has 0 bridgehead atoms. The Morgan fingerprint density at radius 3 is 2.59 bits per heavy atom.